The minimum atomic E-state index is -4.69. The Morgan fingerprint density at radius 2 is 1.76 bits per heavy atom. The number of rotatable bonds is 1. The van der Waals surface area contributed by atoms with Gasteiger partial charge in [-0.25, -0.2) is 4.39 Å². The van der Waals surface area contributed by atoms with Crippen LogP contribution in [0.3, 0.4) is 0 Å². The van der Waals surface area contributed by atoms with E-state index in [0.717, 1.165) is 6.07 Å². The van der Waals surface area contributed by atoms with E-state index >= 15 is 0 Å². The van der Waals surface area contributed by atoms with Crippen molar-refractivity contribution in [1.82, 2.24) is 0 Å². The van der Waals surface area contributed by atoms with Crippen LogP contribution in [0.25, 0.3) is 0 Å². The first kappa shape index (κ1) is 12.4. The number of hydrogen-bond donors (Lipinski definition) is 1. The zero-order valence-corrected chi connectivity index (χ0v) is 9.53. The monoisotopic (exact) mass is 247 g/mol. The van der Waals surface area contributed by atoms with Gasteiger partial charge in [0, 0.05) is 11.1 Å². The Morgan fingerprint density at radius 3 is 2.18 bits per heavy atom. The maximum absolute atomic E-state index is 13.8. The van der Waals surface area contributed by atoms with Crippen LogP contribution >= 0.6 is 0 Å². The van der Waals surface area contributed by atoms with Crippen molar-refractivity contribution >= 4 is 0 Å². The van der Waals surface area contributed by atoms with Crippen molar-refractivity contribution in [2.24, 2.45) is 11.1 Å². The molecule has 1 aliphatic rings. The van der Waals surface area contributed by atoms with Gasteiger partial charge in [-0.15, -0.1) is 0 Å². The summed E-state index contributed by atoms with van der Waals surface area (Å²) in [5, 5.41) is 0. The van der Waals surface area contributed by atoms with E-state index in [0.29, 0.717) is 6.42 Å². The molecule has 0 aliphatic heterocycles. The molecule has 0 spiro atoms. The molecular formula is C12H13F4N. The van der Waals surface area contributed by atoms with Gasteiger partial charge >= 0.3 is 6.18 Å². The number of halogens is 4. The average molecular weight is 247 g/mol. The lowest BCUT2D eigenvalue weighted by Gasteiger charge is -2.18. The minimum Gasteiger partial charge on any atom is -0.321 e. The van der Waals surface area contributed by atoms with Gasteiger partial charge in [0.2, 0.25) is 0 Å². The van der Waals surface area contributed by atoms with Crippen LogP contribution in [0.15, 0.2) is 18.2 Å². The van der Waals surface area contributed by atoms with Crippen LogP contribution in [0.1, 0.15) is 31.4 Å². The normalized spacial score (nSPS) is 27.0. The fourth-order valence-electron chi connectivity index (χ4n) is 2.21. The van der Waals surface area contributed by atoms with Gasteiger partial charge in [-0.1, -0.05) is 26.0 Å². The average Bonchev–Trinajstić information content (AvgIpc) is 2.64. The number of hydrogen-bond acceptors (Lipinski definition) is 1. The predicted molar refractivity (Wildman–Crippen MR) is 55.7 cm³/mol. The molecule has 1 nitrogen and oxygen atoms in total. The quantitative estimate of drug-likeness (QED) is 0.756. The molecule has 0 saturated heterocycles. The lowest BCUT2D eigenvalue weighted by Crippen LogP contribution is -2.28. The van der Waals surface area contributed by atoms with Gasteiger partial charge in [0.25, 0.3) is 0 Å². The maximum atomic E-state index is 13.8. The topological polar surface area (TPSA) is 26.0 Å². The summed E-state index contributed by atoms with van der Waals surface area (Å²) in [4.78, 5) is 0. The Bertz CT molecular complexity index is 464. The van der Waals surface area contributed by atoms with Crippen LogP contribution in [0, 0.1) is 11.2 Å². The van der Waals surface area contributed by atoms with Crippen molar-refractivity contribution < 1.29 is 17.6 Å². The molecule has 2 N–H and O–H groups in total. The van der Waals surface area contributed by atoms with E-state index in [1.807, 2.05) is 13.8 Å². The fraction of sp³-hybridized carbons (Fsp3) is 0.500. The summed E-state index contributed by atoms with van der Waals surface area (Å²) in [7, 11) is 0. The first-order valence-electron chi connectivity index (χ1n) is 5.25. The first-order chi connectivity index (χ1) is 7.59. The van der Waals surface area contributed by atoms with E-state index < -0.39 is 23.1 Å². The van der Waals surface area contributed by atoms with Crippen molar-refractivity contribution in [2.75, 3.05) is 0 Å². The summed E-state index contributed by atoms with van der Waals surface area (Å²) in [6, 6.07) is 3.27. The van der Waals surface area contributed by atoms with E-state index in [1.165, 1.54) is 12.1 Å². The van der Waals surface area contributed by atoms with Crippen molar-refractivity contribution in [3.8, 4) is 0 Å². The van der Waals surface area contributed by atoms with Gasteiger partial charge in [0.1, 0.15) is 5.82 Å². The molecular weight excluding hydrogens is 234 g/mol. The molecule has 17 heavy (non-hydrogen) atoms. The van der Waals surface area contributed by atoms with Crippen LogP contribution in [0.2, 0.25) is 0 Å². The Hall–Kier alpha value is -1.10. The standard InChI is InChI=1S/C12H13F4N/c1-10(2)6-11(10,17)7-4-3-5-8(9(7)13)12(14,15)16/h3-5H,6,17H2,1-2H3. The van der Waals surface area contributed by atoms with Gasteiger partial charge in [-0.05, 0) is 17.9 Å². The molecule has 1 unspecified atom stereocenters. The molecule has 1 aromatic carbocycles. The molecule has 5 heteroatoms. The molecule has 0 bridgehead atoms. The Labute approximate surface area is 96.6 Å². The van der Waals surface area contributed by atoms with E-state index in [4.69, 9.17) is 5.73 Å². The summed E-state index contributed by atoms with van der Waals surface area (Å²) in [6.07, 6.45) is -4.20. The summed E-state index contributed by atoms with van der Waals surface area (Å²) in [5.41, 5.74) is 3.31. The van der Waals surface area contributed by atoms with Crippen LogP contribution in [0.5, 0.6) is 0 Å². The van der Waals surface area contributed by atoms with E-state index in [-0.39, 0.29) is 11.0 Å². The highest BCUT2D eigenvalue weighted by Crippen LogP contribution is 2.61. The highest BCUT2D eigenvalue weighted by molar-refractivity contribution is 5.39. The van der Waals surface area contributed by atoms with Crippen molar-refractivity contribution in [3.63, 3.8) is 0 Å². The van der Waals surface area contributed by atoms with Crippen molar-refractivity contribution in [1.29, 1.82) is 0 Å². The Kier molecular flexibility index (Phi) is 2.34. The number of alkyl halides is 3. The third-order valence-corrected chi connectivity index (χ3v) is 3.59. The second-order valence-electron chi connectivity index (χ2n) is 5.20. The fourth-order valence-corrected chi connectivity index (χ4v) is 2.21. The van der Waals surface area contributed by atoms with Gasteiger partial charge in [0.05, 0.1) is 5.56 Å². The molecule has 1 aromatic rings. The molecule has 0 amide bonds. The van der Waals surface area contributed by atoms with Crippen molar-refractivity contribution in [2.45, 2.75) is 32.0 Å². The van der Waals surface area contributed by atoms with Crippen LogP contribution in [0.4, 0.5) is 17.6 Å². The van der Waals surface area contributed by atoms with Crippen molar-refractivity contribution in [3.05, 3.63) is 35.1 Å². The second kappa shape index (κ2) is 3.22. The lowest BCUT2D eigenvalue weighted by molar-refractivity contribution is -0.140. The molecule has 1 fully saturated rings. The van der Waals surface area contributed by atoms with Crippen LogP contribution in [-0.4, -0.2) is 0 Å². The summed E-state index contributed by atoms with van der Waals surface area (Å²) >= 11 is 0. The molecule has 94 valence electrons. The summed E-state index contributed by atoms with van der Waals surface area (Å²) in [6.45, 7) is 3.62. The number of benzene rings is 1. The SMILES string of the molecule is CC1(C)CC1(N)c1cccc(C(F)(F)F)c1F. The van der Waals surface area contributed by atoms with E-state index in [1.54, 1.807) is 0 Å². The molecule has 0 heterocycles. The molecule has 1 saturated carbocycles. The zero-order valence-electron chi connectivity index (χ0n) is 9.53. The molecule has 0 aromatic heterocycles. The number of nitrogens with two attached hydrogens (primary N) is 1. The molecule has 1 atom stereocenters. The van der Waals surface area contributed by atoms with Gasteiger partial charge in [0.15, 0.2) is 0 Å². The highest BCUT2D eigenvalue weighted by Gasteiger charge is 2.61. The summed E-state index contributed by atoms with van der Waals surface area (Å²) in [5.74, 6) is -1.24. The molecule has 1 aliphatic carbocycles. The zero-order chi connectivity index (χ0) is 13.1. The summed E-state index contributed by atoms with van der Waals surface area (Å²) < 4.78 is 51.5. The third kappa shape index (κ3) is 1.73. The Balaban J connectivity index is 2.53. The lowest BCUT2D eigenvalue weighted by atomic mass is 9.94. The molecule has 2 rings (SSSR count). The highest BCUT2D eigenvalue weighted by atomic mass is 19.4. The first-order valence-corrected chi connectivity index (χ1v) is 5.25. The van der Waals surface area contributed by atoms with E-state index in [2.05, 4.69) is 0 Å². The smallest absolute Gasteiger partial charge is 0.321 e. The molecule has 0 radical (unpaired) electrons. The van der Waals surface area contributed by atoms with E-state index in [9.17, 15) is 17.6 Å². The van der Waals surface area contributed by atoms with Crippen LogP contribution < -0.4 is 5.73 Å². The largest absolute Gasteiger partial charge is 0.419 e. The predicted octanol–water partition coefficient (Wildman–Crippen LogP) is 3.43. The van der Waals surface area contributed by atoms with Gasteiger partial charge in [-0.3, -0.25) is 0 Å². The third-order valence-electron chi connectivity index (χ3n) is 3.59. The second-order valence-corrected chi connectivity index (χ2v) is 5.20. The Morgan fingerprint density at radius 1 is 1.24 bits per heavy atom. The van der Waals surface area contributed by atoms with Crippen LogP contribution in [-0.2, 0) is 11.7 Å². The van der Waals surface area contributed by atoms with Gasteiger partial charge in [-0.2, -0.15) is 13.2 Å². The maximum Gasteiger partial charge on any atom is 0.419 e. The van der Waals surface area contributed by atoms with Gasteiger partial charge < -0.3 is 5.73 Å². The minimum absolute atomic E-state index is 0.0441.